The van der Waals surface area contributed by atoms with Gasteiger partial charge in [-0.05, 0) is 76.7 Å². The third-order valence-electron chi connectivity index (χ3n) is 6.72. The molecule has 0 spiro atoms. The molecule has 37 heavy (non-hydrogen) atoms. The molecule has 0 fully saturated rings. The van der Waals surface area contributed by atoms with E-state index in [0.717, 1.165) is 38.2 Å². The second-order valence-corrected chi connectivity index (χ2v) is 11.2. The second kappa shape index (κ2) is 9.20. The first kappa shape index (κ1) is 23.5. The van der Waals surface area contributed by atoms with Gasteiger partial charge < -0.3 is 4.74 Å². The third kappa shape index (κ3) is 4.54. The van der Waals surface area contributed by atoms with Crippen LogP contribution in [0.15, 0.2) is 114 Å². The Kier molecular flexibility index (Phi) is 5.85. The third-order valence-corrected chi connectivity index (χ3v) is 7.21. The van der Waals surface area contributed by atoms with Crippen molar-refractivity contribution in [3.05, 3.63) is 119 Å². The van der Waals surface area contributed by atoms with E-state index in [2.05, 4.69) is 114 Å². The van der Waals surface area contributed by atoms with Crippen molar-refractivity contribution in [1.29, 1.82) is 0 Å². The smallest absolute Gasteiger partial charge is 0.137 e. The van der Waals surface area contributed by atoms with Gasteiger partial charge in [-0.1, -0.05) is 79.2 Å². The van der Waals surface area contributed by atoms with E-state index in [4.69, 9.17) is 9.72 Å². The molecule has 6 aromatic rings. The predicted molar refractivity (Wildman–Crippen MR) is 157 cm³/mol. The van der Waals surface area contributed by atoms with E-state index < -0.39 is 0 Å². The number of hydrogen-bond acceptors (Lipinski definition) is 2. The molecule has 0 aliphatic carbocycles. The standard InChI is InChI=1S/C33H27BrN2O/c1-33(2,3)24-16-17-35-32(19-24)36-30-15-12-23(22-8-5-4-6-9-22)18-29(30)28-14-13-27(21-31(28)36)37-26-11-7-10-25(34)20-26/h4-21H,1-3H3. The molecule has 0 amide bonds. The van der Waals surface area contributed by atoms with Crippen LogP contribution in [0.1, 0.15) is 26.3 Å². The lowest BCUT2D eigenvalue weighted by Gasteiger charge is -2.20. The van der Waals surface area contributed by atoms with Crippen LogP contribution in [0.25, 0.3) is 38.8 Å². The fraction of sp³-hybridized carbons (Fsp3) is 0.121. The molecule has 182 valence electrons. The molecule has 0 saturated carbocycles. The van der Waals surface area contributed by atoms with Crippen LogP contribution in [0, 0.1) is 0 Å². The SMILES string of the molecule is CC(C)(C)c1ccnc(-n2c3ccc(-c4ccccc4)cc3c3ccc(Oc4cccc(Br)c4)cc32)c1. The number of benzene rings is 4. The van der Waals surface area contributed by atoms with Crippen molar-refractivity contribution in [2.45, 2.75) is 26.2 Å². The fourth-order valence-electron chi connectivity index (χ4n) is 4.79. The van der Waals surface area contributed by atoms with Crippen LogP contribution in [0.2, 0.25) is 0 Å². The number of pyridine rings is 1. The highest BCUT2D eigenvalue weighted by molar-refractivity contribution is 9.10. The summed E-state index contributed by atoms with van der Waals surface area (Å²) in [6.07, 6.45) is 1.91. The summed E-state index contributed by atoms with van der Waals surface area (Å²) in [5.74, 6) is 2.47. The summed E-state index contributed by atoms with van der Waals surface area (Å²) in [5, 5.41) is 2.35. The summed E-state index contributed by atoms with van der Waals surface area (Å²) in [6.45, 7) is 6.69. The molecule has 0 radical (unpaired) electrons. The highest BCUT2D eigenvalue weighted by Crippen LogP contribution is 2.37. The average Bonchev–Trinajstić information content (AvgIpc) is 3.21. The first-order valence-electron chi connectivity index (χ1n) is 12.4. The van der Waals surface area contributed by atoms with Gasteiger partial charge in [-0.15, -0.1) is 0 Å². The van der Waals surface area contributed by atoms with Crippen LogP contribution < -0.4 is 4.74 Å². The minimum Gasteiger partial charge on any atom is -0.457 e. The number of ether oxygens (including phenoxy) is 1. The van der Waals surface area contributed by atoms with Crippen LogP contribution in [0.5, 0.6) is 11.5 Å². The highest BCUT2D eigenvalue weighted by Gasteiger charge is 2.18. The lowest BCUT2D eigenvalue weighted by molar-refractivity contribution is 0.483. The van der Waals surface area contributed by atoms with Crippen LogP contribution in [0.3, 0.4) is 0 Å². The molecule has 6 rings (SSSR count). The van der Waals surface area contributed by atoms with Gasteiger partial charge in [-0.2, -0.15) is 0 Å². The van der Waals surface area contributed by atoms with Gasteiger partial charge in [-0.25, -0.2) is 4.98 Å². The maximum atomic E-state index is 6.26. The summed E-state index contributed by atoms with van der Waals surface area (Å²) in [5.41, 5.74) is 5.84. The van der Waals surface area contributed by atoms with Gasteiger partial charge >= 0.3 is 0 Å². The van der Waals surface area contributed by atoms with Gasteiger partial charge in [0.2, 0.25) is 0 Å². The Balaban J connectivity index is 1.59. The van der Waals surface area contributed by atoms with Crippen molar-refractivity contribution in [3.63, 3.8) is 0 Å². The van der Waals surface area contributed by atoms with Crippen LogP contribution in [-0.2, 0) is 5.41 Å². The number of halogens is 1. The molecule has 0 N–H and O–H groups in total. The number of rotatable bonds is 4. The minimum atomic E-state index is 0.0197. The maximum Gasteiger partial charge on any atom is 0.137 e. The Bertz CT molecular complexity index is 1750. The largest absolute Gasteiger partial charge is 0.457 e. The Morgan fingerprint density at radius 1 is 0.676 bits per heavy atom. The van der Waals surface area contributed by atoms with Gasteiger partial charge in [0.1, 0.15) is 17.3 Å². The first-order chi connectivity index (χ1) is 17.9. The molecule has 3 nitrogen and oxygen atoms in total. The summed E-state index contributed by atoms with van der Waals surface area (Å²) in [7, 11) is 0. The summed E-state index contributed by atoms with van der Waals surface area (Å²) in [4.78, 5) is 4.82. The minimum absolute atomic E-state index is 0.0197. The highest BCUT2D eigenvalue weighted by atomic mass is 79.9. The number of nitrogens with zero attached hydrogens (tertiary/aromatic N) is 2. The monoisotopic (exact) mass is 546 g/mol. The van der Waals surface area contributed by atoms with E-state index in [0.29, 0.717) is 0 Å². The Hall–Kier alpha value is -3.89. The van der Waals surface area contributed by atoms with Crippen molar-refractivity contribution < 1.29 is 4.74 Å². The fourth-order valence-corrected chi connectivity index (χ4v) is 5.17. The van der Waals surface area contributed by atoms with Crippen molar-refractivity contribution >= 4 is 37.7 Å². The lowest BCUT2D eigenvalue weighted by atomic mass is 9.88. The number of hydrogen-bond donors (Lipinski definition) is 0. The number of fused-ring (bicyclic) bond motifs is 3. The molecule has 0 bridgehead atoms. The van der Waals surface area contributed by atoms with Gasteiger partial charge in [0.25, 0.3) is 0 Å². The molecule has 0 saturated heterocycles. The van der Waals surface area contributed by atoms with Crippen molar-refractivity contribution in [1.82, 2.24) is 9.55 Å². The molecule has 4 heteroatoms. The average molecular weight is 547 g/mol. The summed E-state index contributed by atoms with van der Waals surface area (Å²) in [6, 6.07) is 35.7. The van der Waals surface area contributed by atoms with Crippen LogP contribution in [-0.4, -0.2) is 9.55 Å². The van der Waals surface area contributed by atoms with Gasteiger partial charge in [0, 0.05) is 27.5 Å². The quantitative estimate of drug-likeness (QED) is 0.220. The zero-order valence-corrected chi connectivity index (χ0v) is 22.7. The zero-order chi connectivity index (χ0) is 25.6. The Labute approximate surface area is 225 Å². The van der Waals surface area contributed by atoms with Gasteiger partial charge in [-0.3, -0.25) is 4.57 Å². The zero-order valence-electron chi connectivity index (χ0n) is 21.1. The van der Waals surface area contributed by atoms with Crippen molar-refractivity contribution in [2.75, 3.05) is 0 Å². The van der Waals surface area contributed by atoms with Crippen molar-refractivity contribution in [3.8, 4) is 28.4 Å². The van der Waals surface area contributed by atoms with E-state index in [1.165, 1.54) is 22.1 Å². The second-order valence-electron chi connectivity index (χ2n) is 10.3. The molecule has 2 aromatic heterocycles. The lowest BCUT2D eigenvalue weighted by Crippen LogP contribution is -2.12. The van der Waals surface area contributed by atoms with E-state index in [1.54, 1.807) is 0 Å². The normalized spacial score (nSPS) is 11.8. The molecule has 2 heterocycles. The summed E-state index contributed by atoms with van der Waals surface area (Å²) < 4.78 is 9.50. The predicted octanol–water partition coefficient (Wildman–Crippen LogP) is 9.70. The molecular weight excluding hydrogens is 520 g/mol. The first-order valence-corrected chi connectivity index (χ1v) is 13.2. The molecular formula is C33H27BrN2O. The van der Waals surface area contributed by atoms with Crippen LogP contribution in [0.4, 0.5) is 0 Å². The Morgan fingerprint density at radius 2 is 1.49 bits per heavy atom. The Morgan fingerprint density at radius 3 is 2.27 bits per heavy atom. The van der Waals surface area contributed by atoms with Crippen LogP contribution >= 0.6 is 15.9 Å². The number of aromatic nitrogens is 2. The summed E-state index contributed by atoms with van der Waals surface area (Å²) >= 11 is 3.54. The van der Waals surface area contributed by atoms with E-state index in [1.807, 2.05) is 36.5 Å². The van der Waals surface area contributed by atoms with E-state index >= 15 is 0 Å². The van der Waals surface area contributed by atoms with Gasteiger partial charge in [0.15, 0.2) is 0 Å². The molecule has 0 atom stereocenters. The topological polar surface area (TPSA) is 27.1 Å². The molecule has 4 aromatic carbocycles. The molecule has 0 aliphatic heterocycles. The van der Waals surface area contributed by atoms with Gasteiger partial charge in [0.05, 0.1) is 11.0 Å². The van der Waals surface area contributed by atoms with Crippen molar-refractivity contribution in [2.24, 2.45) is 0 Å². The molecule has 0 aliphatic rings. The van der Waals surface area contributed by atoms with E-state index in [-0.39, 0.29) is 5.41 Å². The maximum absolute atomic E-state index is 6.26. The van der Waals surface area contributed by atoms with E-state index in [9.17, 15) is 0 Å². The molecule has 0 unspecified atom stereocenters.